The maximum Gasteiger partial charge on any atom is 0.272 e. The monoisotopic (exact) mass is 261 g/mol. The normalized spacial score (nSPS) is 23.0. The highest BCUT2D eigenvalue weighted by Gasteiger charge is 2.21. The summed E-state index contributed by atoms with van der Waals surface area (Å²) in [5.74, 6) is 1.34. The Balaban J connectivity index is 1.80. The molecule has 0 unspecified atom stereocenters. The molecule has 0 aliphatic heterocycles. The van der Waals surface area contributed by atoms with Crippen molar-refractivity contribution in [2.24, 2.45) is 11.8 Å². The highest BCUT2D eigenvalue weighted by Crippen LogP contribution is 2.30. The van der Waals surface area contributed by atoms with Gasteiger partial charge in [0.25, 0.3) is 5.91 Å². The Morgan fingerprint density at radius 2 is 2.05 bits per heavy atom. The van der Waals surface area contributed by atoms with Crippen LogP contribution in [0.25, 0.3) is 0 Å². The zero-order chi connectivity index (χ0) is 13.7. The zero-order valence-electron chi connectivity index (χ0n) is 11.6. The average Bonchev–Trinajstić information content (AvgIpc) is 2.46. The molecule has 1 aromatic rings. The Morgan fingerprint density at radius 3 is 2.68 bits per heavy atom. The summed E-state index contributed by atoms with van der Waals surface area (Å²) in [6, 6.07) is 3.44. The first kappa shape index (κ1) is 13.8. The van der Waals surface area contributed by atoms with Crippen LogP contribution in [-0.4, -0.2) is 17.4 Å². The topological polar surface area (TPSA) is 68.0 Å². The lowest BCUT2D eigenvalue weighted by Gasteiger charge is -2.27. The van der Waals surface area contributed by atoms with Crippen molar-refractivity contribution in [3.05, 3.63) is 24.0 Å². The van der Waals surface area contributed by atoms with Crippen LogP contribution in [0.15, 0.2) is 18.3 Å². The second-order valence-electron chi connectivity index (χ2n) is 5.45. The fourth-order valence-electron chi connectivity index (χ4n) is 2.77. The molecule has 1 aliphatic rings. The number of carbonyl (C=O) groups is 1. The van der Waals surface area contributed by atoms with E-state index in [0.29, 0.717) is 17.3 Å². The summed E-state index contributed by atoms with van der Waals surface area (Å²) < 4.78 is 0. The zero-order valence-corrected chi connectivity index (χ0v) is 11.6. The lowest BCUT2D eigenvalue weighted by Crippen LogP contribution is -2.32. The molecule has 1 aliphatic carbocycles. The minimum atomic E-state index is -0.157. The summed E-state index contributed by atoms with van der Waals surface area (Å²) in [5.41, 5.74) is 6.52. The predicted molar refractivity (Wildman–Crippen MR) is 76.7 cm³/mol. The maximum absolute atomic E-state index is 12.0. The Labute approximate surface area is 114 Å². The number of aromatic nitrogens is 1. The molecule has 4 nitrogen and oxygen atoms in total. The van der Waals surface area contributed by atoms with Gasteiger partial charge in [-0.3, -0.25) is 4.79 Å². The molecule has 2 rings (SSSR count). The molecule has 0 spiro atoms. The first-order valence-corrected chi connectivity index (χ1v) is 7.19. The number of amides is 1. The SMILES string of the molecule is CCC1CCC(CNC(=O)c2ncccc2N)CC1. The van der Waals surface area contributed by atoms with E-state index in [-0.39, 0.29) is 5.91 Å². The fraction of sp³-hybridized carbons (Fsp3) is 0.600. The van der Waals surface area contributed by atoms with Crippen LogP contribution >= 0.6 is 0 Å². The molecule has 104 valence electrons. The number of nitrogens with two attached hydrogens (primary N) is 1. The van der Waals surface area contributed by atoms with Crippen LogP contribution in [0, 0.1) is 11.8 Å². The second-order valence-corrected chi connectivity index (χ2v) is 5.45. The molecule has 4 heteroatoms. The molecular formula is C15H23N3O. The first-order chi connectivity index (χ1) is 9.20. The number of nitrogens with zero attached hydrogens (tertiary/aromatic N) is 1. The Bertz CT molecular complexity index is 425. The largest absolute Gasteiger partial charge is 0.397 e. The summed E-state index contributed by atoms with van der Waals surface area (Å²) >= 11 is 0. The van der Waals surface area contributed by atoms with Crippen LogP contribution in [0.3, 0.4) is 0 Å². The van der Waals surface area contributed by atoms with Crippen molar-refractivity contribution in [1.29, 1.82) is 0 Å². The molecule has 1 aromatic heterocycles. The van der Waals surface area contributed by atoms with Crippen molar-refractivity contribution in [2.45, 2.75) is 39.0 Å². The molecule has 0 saturated heterocycles. The van der Waals surface area contributed by atoms with Gasteiger partial charge in [-0.1, -0.05) is 26.2 Å². The maximum atomic E-state index is 12.0. The van der Waals surface area contributed by atoms with Gasteiger partial charge in [0, 0.05) is 12.7 Å². The van der Waals surface area contributed by atoms with Gasteiger partial charge >= 0.3 is 0 Å². The average molecular weight is 261 g/mol. The van der Waals surface area contributed by atoms with E-state index in [2.05, 4.69) is 17.2 Å². The van der Waals surface area contributed by atoms with Gasteiger partial charge < -0.3 is 11.1 Å². The van der Waals surface area contributed by atoms with E-state index in [1.54, 1.807) is 18.3 Å². The molecule has 1 saturated carbocycles. The smallest absolute Gasteiger partial charge is 0.272 e. The van der Waals surface area contributed by atoms with E-state index in [4.69, 9.17) is 5.73 Å². The Hall–Kier alpha value is -1.58. The number of nitrogen functional groups attached to an aromatic ring is 1. The number of hydrogen-bond acceptors (Lipinski definition) is 3. The van der Waals surface area contributed by atoms with Crippen LogP contribution in [0.5, 0.6) is 0 Å². The molecule has 19 heavy (non-hydrogen) atoms. The minimum absolute atomic E-state index is 0.157. The van der Waals surface area contributed by atoms with Crippen molar-refractivity contribution in [1.82, 2.24) is 10.3 Å². The number of rotatable bonds is 4. The van der Waals surface area contributed by atoms with Gasteiger partial charge in [-0.25, -0.2) is 4.98 Å². The van der Waals surface area contributed by atoms with E-state index in [1.165, 1.54) is 32.1 Å². The van der Waals surface area contributed by atoms with Crippen LogP contribution < -0.4 is 11.1 Å². The van der Waals surface area contributed by atoms with Gasteiger partial charge in [-0.2, -0.15) is 0 Å². The number of hydrogen-bond donors (Lipinski definition) is 2. The van der Waals surface area contributed by atoms with Gasteiger partial charge in [-0.05, 0) is 36.8 Å². The second kappa shape index (κ2) is 6.55. The third-order valence-electron chi connectivity index (χ3n) is 4.15. The third-order valence-corrected chi connectivity index (χ3v) is 4.15. The molecular weight excluding hydrogens is 238 g/mol. The minimum Gasteiger partial charge on any atom is -0.397 e. The molecule has 0 bridgehead atoms. The van der Waals surface area contributed by atoms with Gasteiger partial charge in [-0.15, -0.1) is 0 Å². The molecule has 1 heterocycles. The molecule has 0 radical (unpaired) electrons. The van der Waals surface area contributed by atoms with E-state index >= 15 is 0 Å². The van der Waals surface area contributed by atoms with Gasteiger partial charge in [0.15, 0.2) is 5.69 Å². The predicted octanol–water partition coefficient (Wildman–Crippen LogP) is 2.61. The first-order valence-electron chi connectivity index (χ1n) is 7.19. The van der Waals surface area contributed by atoms with Crippen molar-refractivity contribution in [2.75, 3.05) is 12.3 Å². The van der Waals surface area contributed by atoms with Crippen molar-refractivity contribution >= 4 is 11.6 Å². The van der Waals surface area contributed by atoms with Crippen molar-refractivity contribution in [3.63, 3.8) is 0 Å². The van der Waals surface area contributed by atoms with Crippen LogP contribution in [0.4, 0.5) is 5.69 Å². The summed E-state index contributed by atoms with van der Waals surface area (Å²) in [7, 11) is 0. The van der Waals surface area contributed by atoms with Crippen molar-refractivity contribution < 1.29 is 4.79 Å². The number of nitrogens with one attached hydrogen (secondary N) is 1. The highest BCUT2D eigenvalue weighted by molar-refractivity contribution is 5.96. The molecule has 1 fully saturated rings. The molecule has 0 atom stereocenters. The summed E-state index contributed by atoms with van der Waals surface area (Å²) in [6.45, 7) is 3.00. The van der Waals surface area contributed by atoms with Crippen LogP contribution in [0.2, 0.25) is 0 Å². The van der Waals surface area contributed by atoms with E-state index < -0.39 is 0 Å². The van der Waals surface area contributed by atoms with E-state index in [1.807, 2.05) is 0 Å². The standard InChI is InChI=1S/C15H23N3O/c1-2-11-5-7-12(8-6-11)10-18-15(19)14-13(16)4-3-9-17-14/h3-4,9,11-12H,2,5-8,10,16H2,1H3,(H,18,19). The summed E-state index contributed by atoms with van der Waals surface area (Å²) in [5, 5.41) is 2.96. The molecule has 0 aromatic carbocycles. The lowest BCUT2D eigenvalue weighted by atomic mass is 9.81. The number of anilines is 1. The van der Waals surface area contributed by atoms with Gasteiger partial charge in [0.2, 0.25) is 0 Å². The van der Waals surface area contributed by atoms with Crippen LogP contribution in [0.1, 0.15) is 49.5 Å². The van der Waals surface area contributed by atoms with Crippen molar-refractivity contribution in [3.8, 4) is 0 Å². The quantitative estimate of drug-likeness (QED) is 0.875. The lowest BCUT2D eigenvalue weighted by molar-refractivity contribution is 0.0937. The molecule has 3 N–H and O–H groups in total. The fourth-order valence-corrected chi connectivity index (χ4v) is 2.77. The Morgan fingerprint density at radius 1 is 1.37 bits per heavy atom. The highest BCUT2D eigenvalue weighted by atomic mass is 16.1. The van der Waals surface area contributed by atoms with Crippen LogP contribution in [-0.2, 0) is 0 Å². The molecule has 1 amide bonds. The van der Waals surface area contributed by atoms with Gasteiger partial charge in [0.1, 0.15) is 0 Å². The number of carbonyl (C=O) groups excluding carboxylic acids is 1. The summed E-state index contributed by atoms with van der Waals surface area (Å²) in [6.07, 6.45) is 7.90. The Kier molecular flexibility index (Phi) is 4.77. The van der Waals surface area contributed by atoms with E-state index in [9.17, 15) is 4.79 Å². The number of pyridine rings is 1. The third kappa shape index (κ3) is 3.69. The van der Waals surface area contributed by atoms with Gasteiger partial charge in [0.05, 0.1) is 5.69 Å². The van der Waals surface area contributed by atoms with E-state index in [0.717, 1.165) is 12.5 Å². The summed E-state index contributed by atoms with van der Waals surface area (Å²) in [4.78, 5) is 16.0.